The molecule has 1 fully saturated rings. The van der Waals surface area contributed by atoms with Crippen LogP contribution in [0.25, 0.3) is 0 Å². The maximum absolute atomic E-state index is 12.1. The van der Waals surface area contributed by atoms with Crippen molar-refractivity contribution in [2.75, 3.05) is 26.0 Å². The number of carbonyl (C=O) groups excluding carboxylic acids is 1. The molecule has 1 unspecified atom stereocenters. The number of sulfone groups is 1. The second kappa shape index (κ2) is 5.71. The number of hydrogen-bond donors (Lipinski definition) is 1. The molecule has 5 nitrogen and oxygen atoms in total. The van der Waals surface area contributed by atoms with Crippen LogP contribution in [0.2, 0.25) is 0 Å². The summed E-state index contributed by atoms with van der Waals surface area (Å²) in [5, 5.41) is 2.77. The van der Waals surface area contributed by atoms with Crippen LogP contribution >= 0.6 is 0 Å². The molecule has 6 heteroatoms. The lowest BCUT2D eigenvalue weighted by Crippen LogP contribution is -2.30. The molecule has 1 aliphatic heterocycles. The third kappa shape index (κ3) is 3.54. The summed E-state index contributed by atoms with van der Waals surface area (Å²) in [6.45, 7) is 1.88. The second-order valence-electron chi connectivity index (χ2n) is 4.71. The minimum Gasteiger partial charge on any atom is -0.381 e. The van der Waals surface area contributed by atoms with Crippen LogP contribution in [0.1, 0.15) is 16.8 Å². The zero-order valence-electron chi connectivity index (χ0n) is 10.8. The van der Waals surface area contributed by atoms with E-state index in [9.17, 15) is 13.2 Å². The third-order valence-corrected chi connectivity index (χ3v) is 4.26. The Hall–Kier alpha value is -1.40. The Morgan fingerprint density at radius 3 is 2.79 bits per heavy atom. The summed E-state index contributed by atoms with van der Waals surface area (Å²) in [6, 6.07) is 6.24. The van der Waals surface area contributed by atoms with Gasteiger partial charge in [0.2, 0.25) is 0 Å². The number of ether oxygens (including phenoxy) is 1. The van der Waals surface area contributed by atoms with Gasteiger partial charge in [-0.3, -0.25) is 4.79 Å². The second-order valence-corrected chi connectivity index (χ2v) is 6.69. The average Bonchev–Trinajstić information content (AvgIpc) is 2.88. The number of rotatable bonds is 4. The fraction of sp³-hybridized carbons (Fsp3) is 0.462. The van der Waals surface area contributed by atoms with Crippen LogP contribution in [0, 0.1) is 5.92 Å². The predicted molar refractivity (Wildman–Crippen MR) is 70.8 cm³/mol. The van der Waals surface area contributed by atoms with E-state index >= 15 is 0 Å². The molecular formula is C13H17NO4S. The van der Waals surface area contributed by atoms with Crippen molar-refractivity contribution in [2.45, 2.75) is 11.3 Å². The third-order valence-electron chi connectivity index (χ3n) is 3.11. The highest BCUT2D eigenvalue weighted by Crippen LogP contribution is 2.16. The van der Waals surface area contributed by atoms with E-state index in [4.69, 9.17) is 4.74 Å². The molecule has 0 aromatic heterocycles. The molecule has 104 valence electrons. The summed E-state index contributed by atoms with van der Waals surface area (Å²) < 4.78 is 28.5. The maximum atomic E-state index is 12.1. The Bertz CT molecular complexity index is 562. The minimum absolute atomic E-state index is 0.0650. The Morgan fingerprint density at radius 2 is 2.16 bits per heavy atom. The van der Waals surface area contributed by atoms with Crippen LogP contribution in [-0.2, 0) is 14.6 Å². The van der Waals surface area contributed by atoms with Crippen molar-refractivity contribution in [1.29, 1.82) is 0 Å². The first-order valence-electron chi connectivity index (χ1n) is 6.13. The van der Waals surface area contributed by atoms with Gasteiger partial charge in [-0.2, -0.15) is 0 Å². The molecule has 0 saturated carbocycles. The van der Waals surface area contributed by atoms with E-state index in [-0.39, 0.29) is 16.4 Å². The largest absolute Gasteiger partial charge is 0.381 e. The smallest absolute Gasteiger partial charge is 0.252 e. The summed E-state index contributed by atoms with van der Waals surface area (Å²) in [5.41, 5.74) is 0.198. The van der Waals surface area contributed by atoms with E-state index in [0.29, 0.717) is 19.1 Å². The highest BCUT2D eigenvalue weighted by Gasteiger charge is 2.20. The number of amides is 1. The molecule has 2 rings (SSSR count). The van der Waals surface area contributed by atoms with Crippen molar-refractivity contribution in [3.05, 3.63) is 29.8 Å². The fourth-order valence-electron chi connectivity index (χ4n) is 2.05. The molecule has 1 N–H and O–H groups in total. The number of nitrogens with one attached hydrogen (secondary N) is 1. The quantitative estimate of drug-likeness (QED) is 0.889. The van der Waals surface area contributed by atoms with Gasteiger partial charge >= 0.3 is 0 Å². The van der Waals surface area contributed by atoms with Crippen molar-refractivity contribution < 1.29 is 17.9 Å². The lowest BCUT2D eigenvalue weighted by Gasteiger charge is -2.11. The molecule has 1 saturated heterocycles. The van der Waals surface area contributed by atoms with Gasteiger partial charge in [-0.05, 0) is 18.6 Å². The molecule has 19 heavy (non-hydrogen) atoms. The standard InChI is InChI=1S/C13H17NO4S/c1-19(16,17)12-5-3-2-4-11(12)13(15)14-8-10-6-7-18-9-10/h2-5,10H,6-9H2,1H3,(H,14,15). The minimum atomic E-state index is -3.40. The molecule has 0 spiro atoms. The van der Waals surface area contributed by atoms with Gasteiger partial charge in [0.15, 0.2) is 9.84 Å². The number of carbonyl (C=O) groups is 1. The molecule has 1 heterocycles. The monoisotopic (exact) mass is 283 g/mol. The molecule has 1 aliphatic rings. The van der Waals surface area contributed by atoms with Gasteiger partial charge in [-0.15, -0.1) is 0 Å². The fourth-order valence-corrected chi connectivity index (χ4v) is 2.94. The first-order valence-corrected chi connectivity index (χ1v) is 8.02. The van der Waals surface area contributed by atoms with Gasteiger partial charge in [0.1, 0.15) is 0 Å². The lowest BCUT2D eigenvalue weighted by molar-refractivity contribution is 0.0941. The predicted octanol–water partition coefficient (Wildman–Crippen LogP) is 0.856. The van der Waals surface area contributed by atoms with Gasteiger partial charge in [0, 0.05) is 25.3 Å². The molecule has 1 amide bonds. The van der Waals surface area contributed by atoms with Crippen molar-refractivity contribution in [3.63, 3.8) is 0 Å². The summed E-state index contributed by atoms with van der Waals surface area (Å²) in [6.07, 6.45) is 2.03. The molecular weight excluding hydrogens is 266 g/mol. The van der Waals surface area contributed by atoms with Crippen molar-refractivity contribution in [1.82, 2.24) is 5.32 Å². The van der Waals surface area contributed by atoms with Crippen molar-refractivity contribution in [2.24, 2.45) is 5.92 Å². The van der Waals surface area contributed by atoms with Crippen LogP contribution in [0.5, 0.6) is 0 Å². The van der Waals surface area contributed by atoms with E-state index < -0.39 is 9.84 Å². The summed E-state index contributed by atoms with van der Waals surface area (Å²) >= 11 is 0. The number of benzene rings is 1. The molecule has 0 aliphatic carbocycles. The van der Waals surface area contributed by atoms with Crippen molar-refractivity contribution in [3.8, 4) is 0 Å². The first kappa shape index (κ1) is 14.0. The van der Waals surface area contributed by atoms with Crippen LogP contribution in [-0.4, -0.2) is 40.3 Å². The Morgan fingerprint density at radius 1 is 1.42 bits per heavy atom. The lowest BCUT2D eigenvalue weighted by atomic mass is 10.1. The SMILES string of the molecule is CS(=O)(=O)c1ccccc1C(=O)NCC1CCOC1. The summed E-state index contributed by atoms with van der Waals surface area (Å²) in [7, 11) is -3.40. The van der Waals surface area contributed by atoms with Crippen LogP contribution in [0.15, 0.2) is 29.2 Å². The average molecular weight is 283 g/mol. The van der Waals surface area contributed by atoms with E-state index in [1.165, 1.54) is 12.1 Å². The van der Waals surface area contributed by atoms with Crippen LogP contribution in [0.3, 0.4) is 0 Å². The molecule has 0 bridgehead atoms. The first-order chi connectivity index (χ1) is 8.98. The van der Waals surface area contributed by atoms with E-state index in [1.54, 1.807) is 12.1 Å². The Kier molecular flexibility index (Phi) is 4.21. The highest BCUT2D eigenvalue weighted by atomic mass is 32.2. The van der Waals surface area contributed by atoms with Crippen molar-refractivity contribution >= 4 is 15.7 Å². The number of hydrogen-bond acceptors (Lipinski definition) is 4. The molecule has 0 radical (unpaired) electrons. The van der Waals surface area contributed by atoms with Gasteiger partial charge in [0.05, 0.1) is 17.1 Å². The normalized spacial score (nSPS) is 19.3. The van der Waals surface area contributed by atoms with Gasteiger partial charge in [-0.1, -0.05) is 12.1 Å². The van der Waals surface area contributed by atoms with Crippen LogP contribution < -0.4 is 5.32 Å². The zero-order chi connectivity index (χ0) is 13.9. The van der Waals surface area contributed by atoms with Gasteiger partial charge < -0.3 is 10.1 Å². The molecule has 1 aromatic carbocycles. The Balaban J connectivity index is 2.10. The van der Waals surface area contributed by atoms with E-state index in [0.717, 1.165) is 19.3 Å². The Labute approximate surface area is 112 Å². The zero-order valence-corrected chi connectivity index (χ0v) is 11.6. The molecule has 1 atom stereocenters. The van der Waals surface area contributed by atoms with Gasteiger partial charge in [0.25, 0.3) is 5.91 Å². The van der Waals surface area contributed by atoms with E-state index in [1.807, 2.05) is 0 Å². The maximum Gasteiger partial charge on any atom is 0.252 e. The molecule has 1 aromatic rings. The highest BCUT2D eigenvalue weighted by molar-refractivity contribution is 7.90. The summed E-state index contributed by atoms with van der Waals surface area (Å²) in [4.78, 5) is 12.1. The van der Waals surface area contributed by atoms with Gasteiger partial charge in [-0.25, -0.2) is 8.42 Å². The summed E-state index contributed by atoms with van der Waals surface area (Å²) in [5.74, 6) is -0.0396. The topological polar surface area (TPSA) is 72.5 Å². The van der Waals surface area contributed by atoms with E-state index in [2.05, 4.69) is 5.32 Å². The van der Waals surface area contributed by atoms with Crippen LogP contribution in [0.4, 0.5) is 0 Å².